The molecule has 4 rings (SSSR count). The number of carbonyl (C=O) groups excluding carboxylic acids is 2. The van der Waals surface area contributed by atoms with Crippen LogP contribution in [-0.4, -0.2) is 50.7 Å². The van der Waals surface area contributed by atoms with Crippen LogP contribution < -0.4 is 15.4 Å². The van der Waals surface area contributed by atoms with Crippen LogP contribution in [0.15, 0.2) is 55.0 Å². The second kappa shape index (κ2) is 12.2. The van der Waals surface area contributed by atoms with Crippen molar-refractivity contribution in [3.05, 3.63) is 60.8 Å². The summed E-state index contributed by atoms with van der Waals surface area (Å²) in [7, 11) is 3.24. The third kappa shape index (κ3) is 6.32. The largest absolute Gasteiger partial charge is 0.480 e. The van der Waals surface area contributed by atoms with Gasteiger partial charge in [-0.15, -0.1) is 0 Å². The molecule has 10 nitrogen and oxygen atoms in total. The minimum Gasteiger partial charge on any atom is -0.480 e. The molecule has 0 saturated heterocycles. The van der Waals surface area contributed by atoms with Crippen LogP contribution in [0.1, 0.15) is 56.9 Å². The van der Waals surface area contributed by atoms with Crippen molar-refractivity contribution in [2.75, 3.05) is 14.2 Å². The van der Waals surface area contributed by atoms with Gasteiger partial charge in [-0.3, -0.25) is 14.3 Å². The van der Waals surface area contributed by atoms with Gasteiger partial charge in [-0.25, -0.2) is 9.97 Å². The molecule has 0 radical (unpaired) electrons. The Labute approximate surface area is 215 Å². The monoisotopic (exact) mass is 503 g/mol. The van der Waals surface area contributed by atoms with E-state index >= 15 is 0 Å². The van der Waals surface area contributed by atoms with Crippen molar-refractivity contribution in [1.82, 2.24) is 35.4 Å². The van der Waals surface area contributed by atoms with Gasteiger partial charge in [0.2, 0.25) is 17.7 Å². The van der Waals surface area contributed by atoms with Crippen LogP contribution in [0, 0.1) is 0 Å². The Hall–Kier alpha value is -4.21. The second-order valence-electron chi connectivity index (χ2n) is 8.92. The van der Waals surface area contributed by atoms with E-state index in [0.717, 1.165) is 41.4 Å². The Morgan fingerprint density at radius 2 is 2.00 bits per heavy atom. The molecule has 10 heteroatoms. The number of aromatic amines is 1. The molecule has 3 aromatic heterocycles. The first-order valence-corrected chi connectivity index (χ1v) is 12.5. The third-order valence-electron chi connectivity index (χ3n) is 6.39. The van der Waals surface area contributed by atoms with Gasteiger partial charge >= 0.3 is 0 Å². The van der Waals surface area contributed by atoms with E-state index in [1.165, 1.54) is 0 Å². The number of H-pyrrole nitrogens is 1. The molecule has 1 aromatic carbocycles. The molecule has 0 fully saturated rings. The van der Waals surface area contributed by atoms with Gasteiger partial charge in [0.1, 0.15) is 11.9 Å². The highest BCUT2D eigenvalue weighted by atomic mass is 16.5. The Balaban J connectivity index is 1.54. The topological polar surface area (TPSA) is 127 Å². The van der Waals surface area contributed by atoms with Crippen molar-refractivity contribution in [2.45, 2.75) is 51.1 Å². The standard InChI is InChI=1S/C27H33N7O3/c1-18(34-15-9-14-30-34)26(36)32-22(12-5-4-6-13-24(35)28-2)25-29-17-23(31-25)20-16-19-10-7-8-11-21(19)33-27(20)37-3/h7-11,14-18,22H,4-6,12-13H2,1-3H3,(H,28,35)(H,29,31)(H,32,36)/t18?,22-/m0/s1. The lowest BCUT2D eigenvalue weighted by Gasteiger charge is -2.20. The summed E-state index contributed by atoms with van der Waals surface area (Å²) in [5, 5.41) is 11.0. The van der Waals surface area contributed by atoms with Gasteiger partial charge in [0.15, 0.2) is 0 Å². The van der Waals surface area contributed by atoms with E-state index in [1.807, 2.05) is 37.3 Å². The van der Waals surface area contributed by atoms with Gasteiger partial charge in [-0.05, 0) is 38.0 Å². The van der Waals surface area contributed by atoms with Crippen LogP contribution in [0.3, 0.4) is 0 Å². The molecule has 0 bridgehead atoms. The van der Waals surface area contributed by atoms with Crippen molar-refractivity contribution in [3.8, 4) is 17.1 Å². The fourth-order valence-electron chi connectivity index (χ4n) is 4.23. The minimum absolute atomic E-state index is 0.0338. The number of nitrogens with one attached hydrogen (secondary N) is 3. The molecule has 2 atom stereocenters. The van der Waals surface area contributed by atoms with Gasteiger partial charge in [0.05, 0.1) is 36.1 Å². The number of unbranched alkanes of at least 4 members (excludes halogenated alkanes) is 2. The van der Waals surface area contributed by atoms with Crippen LogP contribution >= 0.6 is 0 Å². The number of benzene rings is 1. The number of ether oxygens (including phenoxy) is 1. The zero-order valence-corrected chi connectivity index (χ0v) is 21.4. The van der Waals surface area contributed by atoms with Crippen LogP contribution in [0.4, 0.5) is 0 Å². The average molecular weight is 504 g/mol. The number of pyridine rings is 1. The summed E-state index contributed by atoms with van der Waals surface area (Å²) in [5.41, 5.74) is 2.39. The number of aromatic nitrogens is 5. The summed E-state index contributed by atoms with van der Waals surface area (Å²) in [6.45, 7) is 1.81. The van der Waals surface area contributed by atoms with Crippen LogP contribution in [0.25, 0.3) is 22.2 Å². The molecule has 1 unspecified atom stereocenters. The van der Waals surface area contributed by atoms with Gasteiger partial charge in [0.25, 0.3) is 0 Å². The van der Waals surface area contributed by atoms with E-state index < -0.39 is 6.04 Å². The van der Waals surface area contributed by atoms with Crippen LogP contribution in [0.5, 0.6) is 5.88 Å². The molecule has 194 valence electrons. The molecular formula is C27H33N7O3. The molecule has 4 aromatic rings. The molecule has 3 N–H and O–H groups in total. The van der Waals surface area contributed by atoms with Gasteiger partial charge < -0.3 is 20.4 Å². The quantitative estimate of drug-likeness (QED) is 0.251. The maximum Gasteiger partial charge on any atom is 0.245 e. The molecule has 2 amide bonds. The number of imidazole rings is 1. The first-order chi connectivity index (χ1) is 18.0. The Morgan fingerprint density at radius 1 is 1.16 bits per heavy atom. The van der Waals surface area contributed by atoms with Gasteiger partial charge in [-0.1, -0.05) is 31.0 Å². The average Bonchev–Trinajstić information content (AvgIpc) is 3.64. The number of carbonyl (C=O) groups is 2. The number of rotatable bonds is 12. The Kier molecular flexibility index (Phi) is 8.50. The van der Waals surface area contributed by atoms with Crippen molar-refractivity contribution >= 4 is 22.7 Å². The summed E-state index contributed by atoms with van der Waals surface area (Å²) >= 11 is 0. The molecule has 0 saturated carbocycles. The molecule has 0 aliphatic heterocycles. The Bertz CT molecular complexity index is 1330. The number of hydrogen-bond acceptors (Lipinski definition) is 6. The lowest BCUT2D eigenvalue weighted by molar-refractivity contribution is -0.125. The van der Waals surface area contributed by atoms with E-state index in [0.29, 0.717) is 24.5 Å². The predicted molar refractivity (Wildman–Crippen MR) is 141 cm³/mol. The maximum atomic E-state index is 13.1. The molecule has 0 spiro atoms. The number of hydrogen-bond donors (Lipinski definition) is 3. The fraction of sp³-hybridized carbons (Fsp3) is 0.370. The summed E-state index contributed by atoms with van der Waals surface area (Å²) in [6, 6.07) is 10.9. The fourth-order valence-corrected chi connectivity index (χ4v) is 4.23. The van der Waals surface area contributed by atoms with Gasteiger partial charge in [0, 0.05) is 31.2 Å². The number of amides is 2. The zero-order chi connectivity index (χ0) is 26.2. The SMILES string of the molecule is CNC(=O)CCCCC[C@H](NC(=O)C(C)n1cccn1)c1ncc(-c2cc3ccccc3nc2OC)[nH]1. The van der Waals surface area contributed by atoms with Crippen molar-refractivity contribution in [3.63, 3.8) is 0 Å². The lowest BCUT2D eigenvalue weighted by atomic mass is 10.1. The zero-order valence-electron chi connectivity index (χ0n) is 21.4. The molecular weight excluding hydrogens is 470 g/mol. The van der Waals surface area contributed by atoms with E-state index in [-0.39, 0.29) is 17.9 Å². The number of para-hydroxylation sites is 1. The highest BCUT2D eigenvalue weighted by Gasteiger charge is 2.23. The lowest BCUT2D eigenvalue weighted by Crippen LogP contribution is -2.35. The summed E-state index contributed by atoms with van der Waals surface area (Å²) < 4.78 is 7.18. The number of fused-ring (bicyclic) bond motifs is 1. The minimum atomic E-state index is -0.468. The van der Waals surface area contributed by atoms with E-state index in [1.54, 1.807) is 43.5 Å². The van der Waals surface area contributed by atoms with Crippen molar-refractivity contribution in [2.24, 2.45) is 0 Å². The summed E-state index contributed by atoms with van der Waals surface area (Å²) in [6.07, 6.45) is 8.80. The van der Waals surface area contributed by atoms with E-state index in [4.69, 9.17) is 4.74 Å². The highest BCUT2D eigenvalue weighted by molar-refractivity contribution is 5.85. The van der Waals surface area contributed by atoms with E-state index in [9.17, 15) is 9.59 Å². The first-order valence-electron chi connectivity index (χ1n) is 12.5. The highest BCUT2D eigenvalue weighted by Crippen LogP contribution is 2.31. The van der Waals surface area contributed by atoms with Crippen molar-refractivity contribution < 1.29 is 14.3 Å². The Morgan fingerprint density at radius 3 is 2.76 bits per heavy atom. The molecule has 37 heavy (non-hydrogen) atoms. The normalized spacial score (nSPS) is 12.7. The smallest absolute Gasteiger partial charge is 0.245 e. The van der Waals surface area contributed by atoms with Gasteiger partial charge in [-0.2, -0.15) is 5.10 Å². The summed E-state index contributed by atoms with van der Waals surface area (Å²) in [5.74, 6) is 1.03. The van der Waals surface area contributed by atoms with Crippen molar-refractivity contribution in [1.29, 1.82) is 0 Å². The number of methoxy groups -OCH3 is 1. The predicted octanol–water partition coefficient (Wildman–Crippen LogP) is 3.95. The van der Waals surface area contributed by atoms with E-state index in [2.05, 4.69) is 30.7 Å². The third-order valence-corrected chi connectivity index (χ3v) is 6.39. The molecule has 3 heterocycles. The van der Waals surface area contributed by atoms with Crippen LogP contribution in [0.2, 0.25) is 0 Å². The number of nitrogens with zero attached hydrogens (tertiary/aromatic N) is 4. The molecule has 0 aliphatic rings. The first kappa shape index (κ1) is 25.9. The maximum absolute atomic E-state index is 13.1. The molecule has 0 aliphatic carbocycles. The van der Waals surface area contributed by atoms with Crippen LogP contribution in [-0.2, 0) is 9.59 Å². The second-order valence-corrected chi connectivity index (χ2v) is 8.92. The summed E-state index contributed by atoms with van der Waals surface area (Å²) in [4.78, 5) is 37.2.